The predicted molar refractivity (Wildman–Crippen MR) is 107 cm³/mol. The summed E-state index contributed by atoms with van der Waals surface area (Å²) in [7, 11) is 1.33. The van der Waals surface area contributed by atoms with Crippen molar-refractivity contribution in [1.82, 2.24) is 10.2 Å². The minimum Gasteiger partial charge on any atom is -0.465 e. The van der Waals surface area contributed by atoms with Crippen LogP contribution in [0, 0.1) is 6.92 Å². The van der Waals surface area contributed by atoms with Crippen molar-refractivity contribution in [2.75, 3.05) is 17.7 Å². The standard InChI is InChI=1S/C20H17ClN4O3/c1-12-3-6-15(11-16(12)21)23-19(26)17-9-10-18(25-24-17)22-14-7-4-13(5-8-14)20(27)28-2/h3-11H,1-2H3,(H,22,25)(H,23,26). The minimum atomic E-state index is -0.406. The first-order valence-electron chi connectivity index (χ1n) is 8.33. The zero-order chi connectivity index (χ0) is 20.1. The van der Waals surface area contributed by atoms with Gasteiger partial charge in [-0.05, 0) is 61.0 Å². The largest absolute Gasteiger partial charge is 0.465 e. The first-order valence-corrected chi connectivity index (χ1v) is 8.70. The van der Waals surface area contributed by atoms with Gasteiger partial charge in [0.2, 0.25) is 0 Å². The maximum absolute atomic E-state index is 12.3. The second-order valence-electron chi connectivity index (χ2n) is 5.92. The molecule has 0 aliphatic carbocycles. The SMILES string of the molecule is COC(=O)c1ccc(Nc2ccc(C(=O)Nc3ccc(C)c(Cl)c3)nn2)cc1. The fraction of sp³-hybridized carbons (Fsp3) is 0.100. The first kappa shape index (κ1) is 19.3. The van der Waals surface area contributed by atoms with Gasteiger partial charge in [0.1, 0.15) is 0 Å². The fourth-order valence-electron chi connectivity index (χ4n) is 2.34. The molecule has 28 heavy (non-hydrogen) atoms. The second-order valence-corrected chi connectivity index (χ2v) is 6.32. The number of carbonyl (C=O) groups excluding carboxylic acids is 2. The van der Waals surface area contributed by atoms with Crippen LogP contribution < -0.4 is 10.6 Å². The molecular weight excluding hydrogens is 380 g/mol. The van der Waals surface area contributed by atoms with Crippen molar-refractivity contribution in [3.05, 3.63) is 76.4 Å². The Hall–Kier alpha value is -3.45. The molecule has 1 heterocycles. The van der Waals surface area contributed by atoms with Gasteiger partial charge in [-0.3, -0.25) is 4.79 Å². The summed E-state index contributed by atoms with van der Waals surface area (Å²) in [4.78, 5) is 23.7. The molecule has 0 saturated heterocycles. The Morgan fingerprint density at radius 1 is 0.964 bits per heavy atom. The number of nitrogens with one attached hydrogen (secondary N) is 2. The van der Waals surface area contributed by atoms with Crippen LogP contribution >= 0.6 is 11.6 Å². The number of hydrogen-bond donors (Lipinski definition) is 2. The first-order chi connectivity index (χ1) is 13.5. The molecule has 0 aliphatic heterocycles. The number of benzene rings is 2. The van der Waals surface area contributed by atoms with Gasteiger partial charge in [0.15, 0.2) is 11.5 Å². The molecular formula is C20H17ClN4O3. The molecule has 0 fully saturated rings. The highest BCUT2D eigenvalue weighted by Gasteiger charge is 2.10. The number of carbonyl (C=O) groups is 2. The summed E-state index contributed by atoms with van der Waals surface area (Å²) >= 11 is 6.06. The number of hydrogen-bond acceptors (Lipinski definition) is 6. The molecule has 8 heteroatoms. The molecule has 1 amide bonds. The van der Waals surface area contributed by atoms with E-state index in [9.17, 15) is 9.59 Å². The van der Waals surface area contributed by atoms with Crippen LogP contribution in [0.4, 0.5) is 17.2 Å². The van der Waals surface area contributed by atoms with Gasteiger partial charge >= 0.3 is 5.97 Å². The average Bonchev–Trinajstić information content (AvgIpc) is 2.71. The highest BCUT2D eigenvalue weighted by Crippen LogP contribution is 2.20. The van der Waals surface area contributed by atoms with Crippen molar-refractivity contribution in [1.29, 1.82) is 0 Å². The smallest absolute Gasteiger partial charge is 0.337 e. The van der Waals surface area contributed by atoms with Crippen molar-refractivity contribution in [3.63, 3.8) is 0 Å². The van der Waals surface area contributed by atoms with Crippen molar-refractivity contribution in [3.8, 4) is 0 Å². The van der Waals surface area contributed by atoms with Crippen molar-refractivity contribution in [2.24, 2.45) is 0 Å². The van der Waals surface area contributed by atoms with Crippen molar-refractivity contribution >= 4 is 40.7 Å². The summed E-state index contributed by atoms with van der Waals surface area (Å²) in [6.45, 7) is 1.88. The van der Waals surface area contributed by atoms with E-state index in [1.165, 1.54) is 7.11 Å². The zero-order valence-electron chi connectivity index (χ0n) is 15.2. The van der Waals surface area contributed by atoms with E-state index in [2.05, 4.69) is 25.6 Å². The van der Waals surface area contributed by atoms with Gasteiger partial charge in [-0.25, -0.2) is 4.79 Å². The number of aromatic nitrogens is 2. The van der Waals surface area contributed by atoms with E-state index in [1.807, 2.05) is 13.0 Å². The minimum absolute atomic E-state index is 0.170. The number of halogens is 1. The van der Waals surface area contributed by atoms with E-state index in [-0.39, 0.29) is 11.6 Å². The van der Waals surface area contributed by atoms with Crippen LogP contribution in [0.5, 0.6) is 0 Å². The van der Waals surface area contributed by atoms with Crippen molar-refractivity contribution < 1.29 is 14.3 Å². The quantitative estimate of drug-likeness (QED) is 0.627. The third kappa shape index (κ3) is 4.63. The number of esters is 1. The third-order valence-corrected chi connectivity index (χ3v) is 4.31. The summed E-state index contributed by atoms with van der Waals surface area (Å²) in [5, 5.41) is 14.3. The lowest BCUT2D eigenvalue weighted by Gasteiger charge is -2.08. The van der Waals surface area contributed by atoms with Crippen LogP contribution in [0.25, 0.3) is 0 Å². The molecule has 0 spiro atoms. The van der Waals surface area contributed by atoms with Crippen LogP contribution in [-0.4, -0.2) is 29.2 Å². The predicted octanol–water partition coefficient (Wildman–Crippen LogP) is 4.22. The van der Waals surface area contributed by atoms with Gasteiger partial charge in [0.05, 0.1) is 12.7 Å². The van der Waals surface area contributed by atoms with Gasteiger partial charge in [-0.15, -0.1) is 10.2 Å². The molecule has 2 N–H and O–H groups in total. The van der Waals surface area contributed by atoms with Gasteiger partial charge in [-0.1, -0.05) is 17.7 Å². The van der Waals surface area contributed by atoms with Crippen molar-refractivity contribution in [2.45, 2.75) is 6.92 Å². The second kappa shape index (κ2) is 8.49. The lowest BCUT2D eigenvalue weighted by Crippen LogP contribution is -2.14. The number of amides is 1. The van der Waals surface area contributed by atoms with E-state index >= 15 is 0 Å². The number of anilines is 3. The lowest BCUT2D eigenvalue weighted by molar-refractivity contribution is 0.0600. The Labute approximate surface area is 166 Å². The topological polar surface area (TPSA) is 93.2 Å². The number of nitrogens with zero attached hydrogens (tertiary/aromatic N) is 2. The molecule has 0 aliphatic rings. The van der Waals surface area contributed by atoms with E-state index in [0.29, 0.717) is 27.8 Å². The molecule has 3 rings (SSSR count). The Morgan fingerprint density at radius 2 is 1.68 bits per heavy atom. The maximum atomic E-state index is 12.3. The Bertz CT molecular complexity index is 1000. The van der Waals surface area contributed by atoms with Gasteiger partial charge in [0.25, 0.3) is 5.91 Å². The Morgan fingerprint density at radius 3 is 2.29 bits per heavy atom. The highest BCUT2D eigenvalue weighted by atomic mass is 35.5. The number of aryl methyl sites for hydroxylation is 1. The van der Waals surface area contributed by atoms with Gasteiger partial charge in [0, 0.05) is 16.4 Å². The zero-order valence-corrected chi connectivity index (χ0v) is 15.9. The van der Waals surface area contributed by atoms with E-state index in [0.717, 1.165) is 5.56 Å². The third-order valence-electron chi connectivity index (χ3n) is 3.91. The molecule has 3 aromatic rings. The lowest BCUT2D eigenvalue weighted by atomic mass is 10.2. The van der Waals surface area contributed by atoms with E-state index < -0.39 is 5.97 Å². The summed E-state index contributed by atoms with van der Waals surface area (Å²) in [5.74, 6) is -0.335. The molecule has 142 valence electrons. The molecule has 0 radical (unpaired) electrons. The van der Waals surface area contributed by atoms with E-state index in [4.69, 9.17) is 11.6 Å². The normalized spacial score (nSPS) is 10.2. The molecule has 1 aromatic heterocycles. The number of ether oxygens (including phenoxy) is 1. The van der Waals surface area contributed by atoms with Crippen LogP contribution in [0.2, 0.25) is 5.02 Å². The van der Waals surface area contributed by atoms with Gasteiger partial charge < -0.3 is 15.4 Å². The Balaban J connectivity index is 1.64. The fourth-order valence-corrected chi connectivity index (χ4v) is 2.52. The molecule has 7 nitrogen and oxygen atoms in total. The monoisotopic (exact) mass is 396 g/mol. The molecule has 0 bridgehead atoms. The molecule has 2 aromatic carbocycles. The number of methoxy groups -OCH3 is 1. The van der Waals surface area contributed by atoms with Crippen LogP contribution in [0.1, 0.15) is 26.4 Å². The maximum Gasteiger partial charge on any atom is 0.337 e. The summed E-state index contributed by atoms with van der Waals surface area (Å²) in [6.07, 6.45) is 0. The van der Waals surface area contributed by atoms with E-state index in [1.54, 1.807) is 48.5 Å². The Kier molecular flexibility index (Phi) is 5.86. The van der Waals surface area contributed by atoms with Crippen LogP contribution in [0.3, 0.4) is 0 Å². The average molecular weight is 397 g/mol. The molecule has 0 saturated carbocycles. The van der Waals surface area contributed by atoms with Crippen LogP contribution in [-0.2, 0) is 4.74 Å². The summed E-state index contributed by atoms with van der Waals surface area (Å²) < 4.78 is 4.66. The number of rotatable bonds is 5. The molecule has 0 atom stereocenters. The molecule has 0 unspecified atom stereocenters. The summed E-state index contributed by atoms with van der Waals surface area (Å²) in [6, 6.07) is 15.2. The van der Waals surface area contributed by atoms with Crippen LogP contribution in [0.15, 0.2) is 54.6 Å². The summed E-state index contributed by atoms with van der Waals surface area (Å²) in [5.41, 5.74) is 2.84. The highest BCUT2D eigenvalue weighted by molar-refractivity contribution is 6.31. The van der Waals surface area contributed by atoms with Gasteiger partial charge in [-0.2, -0.15) is 0 Å².